The van der Waals surface area contributed by atoms with Crippen molar-refractivity contribution in [1.82, 2.24) is 10.2 Å². The number of alkyl halides is 3. The molecule has 6 nitrogen and oxygen atoms in total. The molecule has 1 atom stereocenters. The lowest BCUT2D eigenvalue weighted by atomic mass is 9.97. The van der Waals surface area contributed by atoms with Crippen molar-refractivity contribution in [2.45, 2.75) is 25.1 Å². The maximum Gasteiger partial charge on any atom is 0.389 e. The van der Waals surface area contributed by atoms with Gasteiger partial charge in [0.2, 0.25) is 0 Å². The van der Waals surface area contributed by atoms with Gasteiger partial charge in [0.1, 0.15) is 5.75 Å². The van der Waals surface area contributed by atoms with E-state index in [1.807, 2.05) is 4.90 Å². The summed E-state index contributed by atoms with van der Waals surface area (Å²) in [6.07, 6.45) is -5.58. The molecule has 2 rings (SSSR count). The summed E-state index contributed by atoms with van der Waals surface area (Å²) in [4.78, 5) is 12.1. The van der Waals surface area contributed by atoms with Crippen LogP contribution in [0.25, 0.3) is 0 Å². The van der Waals surface area contributed by atoms with Crippen LogP contribution in [0.1, 0.15) is 24.4 Å². The molecule has 1 fully saturated rings. The number of rotatable bonds is 5. The fraction of sp³-hybridized carbons (Fsp3) is 0.571. The van der Waals surface area contributed by atoms with E-state index in [0.717, 1.165) is 12.1 Å². The zero-order valence-corrected chi connectivity index (χ0v) is 12.3. The Kier molecular flexibility index (Phi) is 5.42. The van der Waals surface area contributed by atoms with Gasteiger partial charge in [-0.2, -0.15) is 13.2 Å². The van der Waals surface area contributed by atoms with Crippen LogP contribution < -0.4 is 5.32 Å². The Balaban J connectivity index is 2.31. The highest BCUT2D eigenvalue weighted by atomic mass is 19.4. The summed E-state index contributed by atoms with van der Waals surface area (Å²) in [5.41, 5.74) is -0.0738. The number of non-ortho nitro benzene ring substituents is 1. The van der Waals surface area contributed by atoms with Crippen molar-refractivity contribution < 1.29 is 23.2 Å². The van der Waals surface area contributed by atoms with Crippen LogP contribution in [0, 0.1) is 10.1 Å². The van der Waals surface area contributed by atoms with E-state index in [1.54, 1.807) is 0 Å². The Hall–Kier alpha value is -1.87. The summed E-state index contributed by atoms with van der Waals surface area (Å²) in [6, 6.07) is 2.75. The number of aromatic hydroxyl groups is 1. The van der Waals surface area contributed by atoms with E-state index in [9.17, 15) is 28.4 Å². The molecule has 0 radical (unpaired) electrons. The van der Waals surface area contributed by atoms with E-state index >= 15 is 0 Å². The fourth-order valence-electron chi connectivity index (χ4n) is 2.75. The van der Waals surface area contributed by atoms with Gasteiger partial charge in [-0.1, -0.05) is 0 Å². The number of nitro groups is 1. The first-order chi connectivity index (χ1) is 10.8. The maximum absolute atomic E-state index is 12.6. The van der Waals surface area contributed by atoms with Gasteiger partial charge >= 0.3 is 6.18 Å². The zero-order chi connectivity index (χ0) is 17.0. The van der Waals surface area contributed by atoms with Gasteiger partial charge in [-0.25, -0.2) is 0 Å². The third-order valence-corrected chi connectivity index (χ3v) is 3.87. The summed E-state index contributed by atoms with van der Waals surface area (Å²) >= 11 is 0. The Morgan fingerprint density at radius 3 is 2.57 bits per heavy atom. The third-order valence-electron chi connectivity index (χ3n) is 3.87. The normalized spacial score (nSPS) is 17.9. The van der Waals surface area contributed by atoms with Crippen molar-refractivity contribution in [3.8, 4) is 5.75 Å². The SMILES string of the molecule is O=[N+]([O-])c1ccc(O)c([C@@H](CCC(F)(F)F)N2CCNCC2)c1. The average Bonchev–Trinajstić information content (AvgIpc) is 2.49. The second-order valence-electron chi connectivity index (χ2n) is 5.46. The van der Waals surface area contributed by atoms with Gasteiger partial charge in [0.25, 0.3) is 5.69 Å². The quantitative estimate of drug-likeness (QED) is 0.640. The monoisotopic (exact) mass is 333 g/mol. The minimum atomic E-state index is -4.32. The Labute approximate surface area is 131 Å². The molecule has 1 saturated heterocycles. The molecule has 23 heavy (non-hydrogen) atoms. The second-order valence-corrected chi connectivity index (χ2v) is 5.46. The number of phenols is 1. The number of halogens is 3. The highest BCUT2D eigenvalue weighted by Gasteiger charge is 2.32. The number of piperazine rings is 1. The summed E-state index contributed by atoms with van der Waals surface area (Å²) in [7, 11) is 0. The number of nitrogens with one attached hydrogen (secondary N) is 1. The first kappa shape index (κ1) is 17.5. The fourth-order valence-corrected chi connectivity index (χ4v) is 2.75. The molecule has 0 aliphatic carbocycles. The summed E-state index contributed by atoms with van der Waals surface area (Å²) in [6.45, 7) is 2.28. The molecule has 9 heteroatoms. The van der Waals surface area contributed by atoms with Crippen LogP contribution >= 0.6 is 0 Å². The molecule has 0 unspecified atom stereocenters. The molecule has 1 aliphatic heterocycles. The molecule has 0 saturated carbocycles. The summed E-state index contributed by atoms with van der Waals surface area (Å²) in [5.74, 6) is -0.221. The van der Waals surface area contributed by atoms with Gasteiger partial charge < -0.3 is 10.4 Å². The van der Waals surface area contributed by atoms with Gasteiger partial charge in [-0.15, -0.1) is 0 Å². The van der Waals surface area contributed by atoms with Crippen LogP contribution in [-0.4, -0.2) is 47.3 Å². The minimum Gasteiger partial charge on any atom is -0.508 e. The first-order valence-electron chi connectivity index (χ1n) is 7.27. The van der Waals surface area contributed by atoms with Crippen LogP contribution in [-0.2, 0) is 0 Å². The van der Waals surface area contributed by atoms with E-state index in [0.29, 0.717) is 26.2 Å². The predicted octanol–water partition coefficient (Wildman–Crippen LogP) is 2.59. The molecule has 0 aromatic heterocycles. The smallest absolute Gasteiger partial charge is 0.389 e. The van der Waals surface area contributed by atoms with Crippen LogP contribution in [0.2, 0.25) is 0 Å². The molecular weight excluding hydrogens is 315 g/mol. The third kappa shape index (κ3) is 4.80. The summed E-state index contributed by atoms with van der Waals surface area (Å²) < 4.78 is 37.8. The topological polar surface area (TPSA) is 78.6 Å². The first-order valence-corrected chi connectivity index (χ1v) is 7.27. The largest absolute Gasteiger partial charge is 0.508 e. The van der Waals surface area contributed by atoms with E-state index in [-0.39, 0.29) is 23.4 Å². The molecule has 0 amide bonds. The molecule has 0 spiro atoms. The van der Waals surface area contributed by atoms with Gasteiger partial charge in [0, 0.05) is 56.3 Å². The van der Waals surface area contributed by atoms with Gasteiger partial charge in [0.05, 0.1) is 4.92 Å². The van der Waals surface area contributed by atoms with E-state index in [4.69, 9.17) is 0 Å². The van der Waals surface area contributed by atoms with Crippen LogP contribution in [0.4, 0.5) is 18.9 Å². The van der Waals surface area contributed by atoms with Crippen LogP contribution in [0.5, 0.6) is 5.75 Å². The van der Waals surface area contributed by atoms with Gasteiger partial charge in [-0.3, -0.25) is 15.0 Å². The van der Waals surface area contributed by atoms with E-state index in [1.165, 1.54) is 6.07 Å². The number of nitro benzene ring substituents is 1. The Morgan fingerprint density at radius 2 is 2.00 bits per heavy atom. The molecule has 1 aliphatic rings. The van der Waals surface area contributed by atoms with Crippen molar-refractivity contribution in [1.29, 1.82) is 0 Å². The van der Waals surface area contributed by atoms with Crippen molar-refractivity contribution in [2.75, 3.05) is 26.2 Å². The molecule has 0 bridgehead atoms. The van der Waals surface area contributed by atoms with E-state index < -0.39 is 23.6 Å². The van der Waals surface area contributed by atoms with Gasteiger partial charge in [-0.05, 0) is 12.5 Å². The van der Waals surface area contributed by atoms with E-state index in [2.05, 4.69) is 5.32 Å². The predicted molar refractivity (Wildman–Crippen MR) is 77.2 cm³/mol. The molecule has 1 aromatic rings. The van der Waals surface area contributed by atoms with Gasteiger partial charge in [0.15, 0.2) is 0 Å². The lowest BCUT2D eigenvalue weighted by Gasteiger charge is -2.35. The molecule has 1 aromatic carbocycles. The number of benzene rings is 1. The Morgan fingerprint density at radius 1 is 1.35 bits per heavy atom. The number of hydrogen-bond donors (Lipinski definition) is 2. The lowest BCUT2D eigenvalue weighted by molar-refractivity contribution is -0.385. The molecule has 128 valence electrons. The average molecular weight is 333 g/mol. The Bertz CT molecular complexity index is 560. The second kappa shape index (κ2) is 7.14. The van der Waals surface area contributed by atoms with Crippen LogP contribution in [0.15, 0.2) is 18.2 Å². The number of nitrogens with zero attached hydrogens (tertiary/aromatic N) is 2. The summed E-state index contributed by atoms with van der Waals surface area (Å²) in [5, 5.41) is 24.0. The number of phenolic OH excluding ortho intramolecular Hbond substituents is 1. The maximum atomic E-state index is 12.6. The molecule has 2 N–H and O–H groups in total. The van der Waals surface area contributed by atoms with Crippen LogP contribution in [0.3, 0.4) is 0 Å². The van der Waals surface area contributed by atoms with Crippen molar-refractivity contribution >= 4 is 5.69 Å². The molecule has 1 heterocycles. The standard InChI is InChI=1S/C14H18F3N3O3/c15-14(16,17)4-3-12(19-7-5-18-6-8-19)11-9-10(20(22)23)1-2-13(11)21/h1-2,9,12,18,21H,3-8H2/t12-/m1/s1. The lowest BCUT2D eigenvalue weighted by Crippen LogP contribution is -2.45. The highest BCUT2D eigenvalue weighted by Crippen LogP contribution is 2.37. The van der Waals surface area contributed by atoms with Crippen molar-refractivity contribution in [2.24, 2.45) is 0 Å². The number of hydrogen-bond acceptors (Lipinski definition) is 5. The molecular formula is C14H18F3N3O3. The zero-order valence-electron chi connectivity index (χ0n) is 12.3. The van der Waals surface area contributed by atoms with Crippen molar-refractivity contribution in [3.05, 3.63) is 33.9 Å². The highest BCUT2D eigenvalue weighted by molar-refractivity contribution is 5.44. The van der Waals surface area contributed by atoms with Crippen molar-refractivity contribution in [3.63, 3.8) is 0 Å². The minimum absolute atomic E-state index is 0.172.